The molecule has 2 aromatic carbocycles. The molecule has 0 radical (unpaired) electrons. The molecule has 4 nitrogen and oxygen atoms in total. The van der Waals surface area contributed by atoms with Crippen molar-refractivity contribution in [2.45, 2.75) is 12.0 Å². The summed E-state index contributed by atoms with van der Waals surface area (Å²) in [6, 6.07) is 12.1. The van der Waals surface area contributed by atoms with Gasteiger partial charge in [-0.1, -0.05) is 33.6 Å². The van der Waals surface area contributed by atoms with Crippen molar-refractivity contribution in [1.29, 1.82) is 0 Å². The summed E-state index contributed by atoms with van der Waals surface area (Å²) in [6.45, 7) is 0.182. The van der Waals surface area contributed by atoms with Crippen molar-refractivity contribution < 1.29 is 19.1 Å². The fourth-order valence-corrected chi connectivity index (χ4v) is 3.15. The predicted molar refractivity (Wildman–Crippen MR) is 93.3 cm³/mol. The van der Waals surface area contributed by atoms with Crippen molar-refractivity contribution >= 4 is 39.8 Å². The molecule has 124 valence electrons. The molecule has 0 amide bonds. The minimum atomic E-state index is -1.29. The minimum Gasteiger partial charge on any atom is -0.458 e. The molecule has 1 unspecified atom stereocenters. The number of esters is 1. The number of aldehydes is 1. The van der Waals surface area contributed by atoms with Crippen molar-refractivity contribution in [3.8, 4) is 0 Å². The second-order valence-corrected chi connectivity index (χ2v) is 6.84. The van der Waals surface area contributed by atoms with Gasteiger partial charge in [-0.2, -0.15) is 0 Å². The van der Waals surface area contributed by atoms with Gasteiger partial charge in [-0.05, 0) is 53.9 Å². The average Bonchev–Trinajstić information content (AvgIpc) is 2.59. The maximum atomic E-state index is 12.2. The number of hydrogen-bond acceptors (Lipinski definition) is 4. The van der Waals surface area contributed by atoms with Crippen LogP contribution in [0, 0.1) is 0 Å². The van der Waals surface area contributed by atoms with Gasteiger partial charge in [0, 0.05) is 9.50 Å². The third kappa shape index (κ3) is 3.38. The molecule has 0 N–H and O–H groups in total. The van der Waals surface area contributed by atoms with Crippen molar-refractivity contribution in [1.82, 2.24) is 0 Å². The zero-order chi connectivity index (χ0) is 17.2. The lowest BCUT2D eigenvalue weighted by Crippen LogP contribution is -2.42. The van der Waals surface area contributed by atoms with Crippen LogP contribution in [-0.4, -0.2) is 25.5 Å². The standard InChI is InChI=1S/C18H14BrClO4/c19-14-3-1-12(2-4-14)17(22)23-11-18(10-21)16-6-5-15(20)9-13(16)7-8-24-18/h1-6,9-10H,7-8,11H2. The van der Waals surface area contributed by atoms with E-state index in [1.807, 2.05) is 6.07 Å². The number of ether oxygens (including phenoxy) is 2. The Hall–Kier alpha value is -1.69. The van der Waals surface area contributed by atoms with Crippen molar-refractivity contribution in [2.24, 2.45) is 0 Å². The van der Waals surface area contributed by atoms with E-state index in [-0.39, 0.29) is 6.61 Å². The average molecular weight is 410 g/mol. The van der Waals surface area contributed by atoms with E-state index in [1.165, 1.54) is 0 Å². The van der Waals surface area contributed by atoms with Crippen LogP contribution < -0.4 is 0 Å². The molecule has 0 spiro atoms. The van der Waals surface area contributed by atoms with Gasteiger partial charge < -0.3 is 9.47 Å². The summed E-state index contributed by atoms with van der Waals surface area (Å²) >= 11 is 9.33. The highest BCUT2D eigenvalue weighted by molar-refractivity contribution is 9.10. The van der Waals surface area contributed by atoms with Crippen LogP contribution in [0.25, 0.3) is 0 Å². The van der Waals surface area contributed by atoms with Gasteiger partial charge in [0.25, 0.3) is 0 Å². The van der Waals surface area contributed by atoms with Gasteiger partial charge >= 0.3 is 5.97 Å². The Bertz CT molecular complexity index is 775. The molecule has 0 fully saturated rings. The largest absolute Gasteiger partial charge is 0.458 e. The molecule has 2 aromatic rings. The third-order valence-corrected chi connectivity index (χ3v) is 4.71. The number of carbonyl (C=O) groups is 2. The third-order valence-electron chi connectivity index (χ3n) is 3.94. The van der Waals surface area contributed by atoms with Gasteiger partial charge in [0.1, 0.15) is 6.61 Å². The Morgan fingerprint density at radius 2 is 2.04 bits per heavy atom. The maximum Gasteiger partial charge on any atom is 0.338 e. The van der Waals surface area contributed by atoms with Crippen LogP contribution >= 0.6 is 27.5 Å². The molecule has 0 aliphatic carbocycles. The van der Waals surface area contributed by atoms with Crippen LogP contribution in [0.2, 0.25) is 5.02 Å². The molecule has 1 aliphatic heterocycles. The molecule has 6 heteroatoms. The van der Waals surface area contributed by atoms with Crippen LogP contribution in [0.15, 0.2) is 46.9 Å². The molecule has 0 aromatic heterocycles. The van der Waals surface area contributed by atoms with Crippen LogP contribution in [0.4, 0.5) is 0 Å². The van der Waals surface area contributed by atoms with Crippen molar-refractivity contribution in [2.75, 3.05) is 13.2 Å². The zero-order valence-electron chi connectivity index (χ0n) is 12.6. The van der Waals surface area contributed by atoms with Gasteiger partial charge in [0.05, 0.1) is 12.2 Å². The molecule has 24 heavy (non-hydrogen) atoms. The number of benzene rings is 2. The number of carbonyl (C=O) groups excluding carboxylic acids is 2. The number of halogens is 2. The first kappa shape index (κ1) is 17.1. The topological polar surface area (TPSA) is 52.6 Å². The lowest BCUT2D eigenvalue weighted by Gasteiger charge is -2.34. The highest BCUT2D eigenvalue weighted by Crippen LogP contribution is 2.33. The van der Waals surface area contributed by atoms with E-state index in [9.17, 15) is 9.59 Å². The van der Waals surface area contributed by atoms with E-state index in [2.05, 4.69) is 15.9 Å². The molecule has 3 rings (SSSR count). The Labute approximate surface area is 152 Å². The minimum absolute atomic E-state index is 0.181. The molecule has 1 atom stereocenters. The van der Waals surface area contributed by atoms with E-state index >= 15 is 0 Å². The normalized spacial score (nSPS) is 19.4. The van der Waals surface area contributed by atoms with E-state index in [0.717, 1.165) is 10.0 Å². The number of fused-ring (bicyclic) bond motifs is 1. The number of hydrogen-bond donors (Lipinski definition) is 0. The predicted octanol–water partition coefficient (Wildman–Crippen LogP) is 3.93. The second-order valence-electron chi connectivity index (χ2n) is 5.49. The van der Waals surface area contributed by atoms with Crippen molar-refractivity contribution in [3.05, 3.63) is 68.7 Å². The highest BCUT2D eigenvalue weighted by atomic mass is 79.9. The maximum absolute atomic E-state index is 12.2. The highest BCUT2D eigenvalue weighted by Gasteiger charge is 2.39. The Kier molecular flexibility index (Phi) is 5.04. The smallest absolute Gasteiger partial charge is 0.338 e. The van der Waals surface area contributed by atoms with Crippen LogP contribution in [0.1, 0.15) is 21.5 Å². The molecule has 0 saturated heterocycles. The number of rotatable bonds is 4. The summed E-state index contributed by atoms with van der Waals surface area (Å²) in [5, 5.41) is 0.599. The Morgan fingerprint density at radius 1 is 1.29 bits per heavy atom. The first-order chi connectivity index (χ1) is 11.5. The van der Waals surface area contributed by atoms with E-state index in [1.54, 1.807) is 36.4 Å². The first-order valence-corrected chi connectivity index (χ1v) is 8.53. The van der Waals surface area contributed by atoms with Crippen LogP contribution in [0.5, 0.6) is 0 Å². The molecule has 1 heterocycles. The van der Waals surface area contributed by atoms with Gasteiger partial charge in [-0.15, -0.1) is 0 Å². The fraction of sp³-hybridized carbons (Fsp3) is 0.222. The van der Waals surface area contributed by atoms with Crippen molar-refractivity contribution in [3.63, 3.8) is 0 Å². The van der Waals surface area contributed by atoms with Gasteiger partial charge in [0.15, 0.2) is 11.9 Å². The molecule has 1 aliphatic rings. The summed E-state index contributed by atoms with van der Waals surface area (Å²) in [6.07, 6.45) is 1.35. The second kappa shape index (κ2) is 7.05. The summed E-state index contributed by atoms with van der Waals surface area (Å²) in [5.41, 5.74) is 0.743. The van der Waals surface area contributed by atoms with Crippen LogP contribution in [-0.2, 0) is 26.3 Å². The SMILES string of the molecule is O=CC1(COC(=O)c2ccc(Br)cc2)OCCc2cc(Cl)ccc21. The van der Waals surface area contributed by atoms with Gasteiger partial charge in [-0.25, -0.2) is 4.79 Å². The summed E-state index contributed by atoms with van der Waals surface area (Å²) < 4.78 is 11.9. The quantitative estimate of drug-likeness (QED) is 0.567. The lowest BCUT2D eigenvalue weighted by molar-refractivity contribution is -0.142. The lowest BCUT2D eigenvalue weighted by atomic mass is 9.88. The van der Waals surface area contributed by atoms with Gasteiger partial charge in [0.2, 0.25) is 0 Å². The van der Waals surface area contributed by atoms with E-state index < -0.39 is 11.6 Å². The molecular formula is C18H14BrClO4. The van der Waals surface area contributed by atoms with Crippen LogP contribution in [0.3, 0.4) is 0 Å². The Balaban J connectivity index is 1.81. The monoisotopic (exact) mass is 408 g/mol. The Morgan fingerprint density at radius 3 is 2.75 bits per heavy atom. The summed E-state index contributed by atoms with van der Waals surface area (Å²) in [5.74, 6) is -0.506. The summed E-state index contributed by atoms with van der Waals surface area (Å²) in [4.78, 5) is 24.0. The van der Waals surface area contributed by atoms with E-state index in [4.69, 9.17) is 21.1 Å². The fourth-order valence-electron chi connectivity index (χ4n) is 2.70. The molecule has 0 saturated carbocycles. The van der Waals surface area contributed by atoms with Gasteiger partial charge in [-0.3, -0.25) is 4.79 Å². The van der Waals surface area contributed by atoms with E-state index in [0.29, 0.717) is 35.5 Å². The molecule has 0 bridgehead atoms. The summed E-state index contributed by atoms with van der Waals surface area (Å²) in [7, 11) is 0. The molecular weight excluding hydrogens is 396 g/mol. The first-order valence-electron chi connectivity index (χ1n) is 7.36. The zero-order valence-corrected chi connectivity index (χ0v) is 15.0.